The minimum Gasteiger partial charge on any atom is -0.308 e. The van der Waals surface area contributed by atoms with Crippen LogP contribution in [0.2, 0.25) is 0 Å². The summed E-state index contributed by atoms with van der Waals surface area (Å²) in [5.41, 5.74) is 0. The molecule has 0 fully saturated rings. The maximum absolute atomic E-state index is 11.7. The quantitative estimate of drug-likeness (QED) is 0.796. The van der Waals surface area contributed by atoms with Crippen molar-refractivity contribution in [3.05, 3.63) is 22.4 Å². The third kappa shape index (κ3) is 2.08. The molecule has 0 spiro atoms. The van der Waals surface area contributed by atoms with Crippen molar-refractivity contribution in [1.29, 1.82) is 0 Å². The number of hydrogen-bond acceptors (Lipinski definition) is 4. The van der Waals surface area contributed by atoms with Crippen molar-refractivity contribution in [2.24, 2.45) is 4.99 Å². The molecule has 2 rings (SSSR count). The van der Waals surface area contributed by atoms with E-state index in [-0.39, 0.29) is 11.9 Å². The highest BCUT2D eigenvalue weighted by molar-refractivity contribution is 7.12. The monoisotopic (exact) mass is 223 g/mol. The van der Waals surface area contributed by atoms with Crippen LogP contribution >= 0.6 is 11.3 Å². The molecule has 1 amide bonds. The molecule has 1 aromatic heterocycles. The van der Waals surface area contributed by atoms with Crippen LogP contribution in [0, 0.1) is 0 Å². The maximum Gasteiger partial charge on any atom is 0.244 e. The van der Waals surface area contributed by atoms with Gasteiger partial charge in [0.05, 0.1) is 11.4 Å². The topological polar surface area (TPSA) is 44.7 Å². The van der Waals surface area contributed by atoms with Crippen LogP contribution in [-0.2, 0) is 4.79 Å². The molecule has 0 unspecified atom stereocenters. The molecule has 1 aromatic rings. The maximum atomic E-state index is 11.7. The van der Waals surface area contributed by atoms with E-state index in [2.05, 4.69) is 10.3 Å². The van der Waals surface area contributed by atoms with Gasteiger partial charge in [0.2, 0.25) is 5.91 Å². The fourth-order valence-electron chi connectivity index (χ4n) is 1.45. The first-order valence-corrected chi connectivity index (χ1v) is 5.62. The second-order valence-corrected chi connectivity index (χ2v) is 4.58. The van der Waals surface area contributed by atoms with Crippen molar-refractivity contribution >= 4 is 23.1 Å². The van der Waals surface area contributed by atoms with E-state index in [1.54, 1.807) is 11.3 Å². The molecule has 0 aliphatic carbocycles. The zero-order valence-corrected chi connectivity index (χ0v) is 9.54. The summed E-state index contributed by atoms with van der Waals surface area (Å²) in [6.45, 7) is 0.534. The van der Waals surface area contributed by atoms with Crippen molar-refractivity contribution in [3.63, 3.8) is 0 Å². The Morgan fingerprint density at radius 2 is 2.40 bits per heavy atom. The average molecular weight is 223 g/mol. The summed E-state index contributed by atoms with van der Waals surface area (Å²) in [5.74, 6) is 0.728. The minimum absolute atomic E-state index is 0.0263. The summed E-state index contributed by atoms with van der Waals surface area (Å²) < 4.78 is 0. The molecule has 0 saturated carbocycles. The summed E-state index contributed by atoms with van der Waals surface area (Å²) in [7, 11) is 3.77. The number of thiophene rings is 1. The van der Waals surface area contributed by atoms with Gasteiger partial charge in [0.1, 0.15) is 11.9 Å². The van der Waals surface area contributed by atoms with Gasteiger partial charge in [0, 0.05) is 0 Å². The fraction of sp³-hybridized carbons (Fsp3) is 0.400. The Morgan fingerprint density at radius 3 is 2.93 bits per heavy atom. The van der Waals surface area contributed by atoms with E-state index in [0.29, 0.717) is 12.4 Å². The van der Waals surface area contributed by atoms with Gasteiger partial charge in [0.25, 0.3) is 0 Å². The van der Waals surface area contributed by atoms with Gasteiger partial charge in [0.15, 0.2) is 0 Å². The van der Waals surface area contributed by atoms with Crippen LogP contribution in [0.3, 0.4) is 0 Å². The van der Waals surface area contributed by atoms with E-state index in [1.807, 2.05) is 36.5 Å². The van der Waals surface area contributed by atoms with Crippen LogP contribution in [0.5, 0.6) is 0 Å². The Labute approximate surface area is 92.6 Å². The summed E-state index contributed by atoms with van der Waals surface area (Å²) in [6.07, 6.45) is 0. The van der Waals surface area contributed by atoms with Crippen molar-refractivity contribution in [1.82, 2.24) is 10.2 Å². The highest BCUT2D eigenvalue weighted by Gasteiger charge is 2.26. The lowest BCUT2D eigenvalue weighted by atomic mass is 10.2. The van der Waals surface area contributed by atoms with Crippen molar-refractivity contribution < 1.29 is 4.79 Å². The first kappa shape index (κ1) is 10.3. The number of nitrogens with zero attached hydrogens (tertiary/aromatic N) is 2. The molecule has 1 aliphatic heterocycles. The molecule has 5 heteroatoms. The summed E-state index contributed by atoms with van der Waals surface area (Å²) in [4.78, 5) is 19.0. The first-order chi connectivity index (χ1) is 7.18. The number of amides is 1. The second kappa shape index (κ2) is 4.12. The number of carbonyl (C=O) groups excluding carboxylic acids is 1. The van der Waals surface area contributed by atoms with Gasteiger partial charge in [-0.1, -0.05) is 6.07 Å². The van der Waals surface area contributed by atoms with Crippen LogP contribution < -0.4 is 5.32 Å². The number of likely N-dealkylation sites (N-methyl/N-ethyl adjacent to an activating group) is 1. The fourth-order valence-corrected chi connectivity index (χ4v) is 2.14. The molecule has 0 aromatic carbocycles. The van der Waals surface area contributed by atoms with Gasteiger partial charge >= 0.3 is 0 Å². The number of aliphatic imine (C=N–C) groups is 1. The molecule has 1 aliphatic rings. The third-order valence-corrected chi connectivity index (χ3v) is 3.22. The van der Waals surface area contributed by atoms with Gasteiger partial charge in [-0.2, -0.15) is 0 Å². The predicted molar refractivity (Wildman–Crippen MR) is 61.3 cm³/mol. The molecular formula is C10H13N3OS. The van der Waals surface area contributed by atoms with Gasteiger partial charge in [-0.3, -0.25) is 14.7 Å². The van der Waals surface area contributed by atoms with E-state index in [1.165, 1.54) is 0 Å². The highest BCUT2D eigenvalue weighted by atomic mass is 32.1. The summed E-state index contributed by atoms with van der Waals surface area (Å²) >= 11 is 1.58. The summed E-state index contributed by atoms with van der Waals surface area (Å²) in [6, 6.07) is 3.76. The molecule has 15 heavy (non-hydrogen) atoms. The number of carbonyl (C=O) groups is 1. The number of hydrogen-bond donors (Lipinski definition) is 1. The van der Waals surface area contributed by atoms with E-state index in [0.717, 1.165) is 4.88 Å². The third-order valence-electron chi connectivity index (χ3n) is 2.34. The lowest BCUT2D eigenvalue weighted by molar-refractivity contribution is -0.124. The van der Waals surface area contributed by atoms with Crippen molar-refractivity contribution in [2.45, 2.75) is 6.04 Å². The van der Waals surface area contributed by atoms with E-state index in [9.17, 15) is 4.79 Å². The van der Waals surface area contributed by atoms with E-state index in [4.69, 9.17) is 0 Å². The molecule has 1 N–H and O–H groups in total. The Morgan fingerprint density at radius 1 is 1.60 bits per heavy atom. The molecule has 4 nitrogen and oxygen atoms in total. The average Bonchev–Trinajstić information content (AvgIpc) is 2.69. The van der Waals surface area contributed by atoms with Crippen molar-refractivity contribution in [3.8, 4) is 0 Å². The predicted octanol–water partition coefficient (Wildman–Crippen LogP) is 0.555. The van der Waals surface area contributed by atoms with Crippen LogP contribution in [0.25, 0.3) is 0 Å². The number of nitrogens with one attached hydrogen (secondary N) is 1. The summed E-state index contributed by atoms with van der Waals surface area (Å²) in [5, 5.41) is 4.80. The van der Waals surface area contributed by atoms with Crippen LogP contribution in [0.15, 0.2) is 22.5 Å². The first-order valence-electron chi connectivity index (χ1n) is 4.74. The van der Waals surface area contributed by atoms with Crippen LogP contribution in [-0.4, -0.2) is 43.3 Å². The van der Waals surface area contributed by atoms with Gasteiger partial charge in [-0.05, 0) is 25.5 Å². The normalized spacial score (nSPS) is 21.4. The molecular weight excluding hydrogens is 210 g/mol. The molecule has 0 saturated heterocycles. The highest BCUT2D eigenvalue weighted by Crippen LogP contribution is 2.12. The zero-order chi connectivity index (χ0) is 10.8. The Hall–Kier alpha value is -1.20. The molecule has 80 valence electrons. The molecule has 1 atom stereocenters. The standard InChI is InChI=1S/C10H13N3OS/c1-13(2)7-6-11-9(12-10(7)14)8-4-3-5-15-8/h3-5,7H,6H2,1-2H3,(H,11,12,14)/t7-/m1/s1. The van der Waals surface area contributed by atoms with Crippen molar-refractivity contribution in [2.75, 3.05) is 20.6 Å². The van der Waals surface area contributed by atoms with Crippen LogP contribution in [0.4, 0.5) is 0 Å². The number of rotatable bonds is 2. The lowest BCUT2D eigenvalue weighted by Gasteiger charge is -2.25. The second-order valence-electron chi connectivity index (χ2n) is 3.64. The lowest BCUT2D eigenvalue weighted by Crippen LogP contribution is -2.51. The largest absolute Gasteiger partial charge is 0.308 e. The molecule has 0 bridgehead atoms. The zero-order valence-electron chi connectivity index (χ0n) is 8.73. The van der Waals surface area contributed by atoms with Gasteiger partial charge in [-0.25, -0.2) is 0 Å². The Kier molecular flexibility index (Phi) is 2.83. The smallest absolute Gasteiger partial charge is 0.244 e. The van der Waals surface area contributed by atoms with Crippen LogP contribution in [0.1, 0.15) is 4.88 Å². The van der Waals surface area contributed by atoms with E-state index < -0.39 is 0 Å². The SMILES string of the molecule is CN(C)[C@@H]1CN=C(c2cccs2)NC1=O. The molecule has 2 heterocycles. The Bertz CT molecular complexity index is 383. The van der Waals surface area contributed by atoms with Gasteiger partial charge < -0.3 is 5.32 Å². The van der Waals surface area contributed by atoms with E-state index >= 15 is 0 Å². The number of amidine groups is 1. The van der Waals surface area contributed by atoms with Gasteiger partial charge in [-0.15, -0.1) is 11.3 Å². The molecule has 0 radical (unpaired) electrons. The Balaban J connectivity index is 2.17. The minimum atomic E-state index is -0.145.